The summed E-state index contributed by atoms with van der Waals surface area (Å²) in [5.74, 6) is -0.842. The quantitative estimate of drug-likeness (QED) is 0.730. The Morgan fingerprint density at radius 2 is 1.88 bits per heavy atom. The number of nitrogens with two attached hydrogens (primary N) is 1. The van der Waals surface area contributed by atoms with Crippen molar-refractivity contribution in [3.8, 4) is 0 Å². The van der Waals surface area contributed by atoms with Crippen LogP contribution in [0.5, 0.6) is 0 Å². The molecule has 0 unspecified atom stereocenters. The average molecular weight is 402 g/mol. The molecule has 1 aliphatic heterocycles. The van der Waals surface area contributed by atoms with Gasteiger partial charge in [0, 0.05) is 23.9 Å². The minimum atomic E-state index is -3.23. The molecule has 1 aromatic rings. The van der Waals surface area contributed by atoms with Gasteiger partial charge in [-0.1, -0.05) is 13.3 Å². The molecule has 0 bridgehead atoms. The molecule has 1 aliphatic rings. The van der Waals surface area contributed by atoms with Gasteiger partial charge in [0.05, 0.1) is 11.3 Å². The normalized spacial score (nSPS) is 16.6. The summed E-state index contributed by atoms with van der Waals surface area (Å²) in [7, 11) is -3.23. The van der Waals surface area contributed by atoms with Gasteiger partial charge >= 0.3 is 0 Å². The number of nitrogens with zero attached hydrogens (tertiary/aromatic N) is 1. The van der Waals surface area contributed by atoms with E-state index in [2.05, 4.69) is 5.32 Å². The van der Waals surface area contributed by atoms with Gasteiger partial charge in [0.15, 0.2) is 0 Å². The van der Waals surface area contributed by atoms with Gasteiger partial charge in [0.2, 0.25) is 15.9 Å². The lowest BCUT2D eigenvalue weighted by Crippen LogP contribution is -2.42. The number of nitrogens with one attached hydrogen (secondary N) is 1. The summed E-state index contributed by atoms with van der Waals surface area (Å²) in [6, 6.07) is 0. The SMILES string of the molecule is CCCCS(=O)(=O)N1CCC(C(=O)Nc2sc(C)c(C)c2C(N)=O)CC1. The van der Waals surface area contributed by atoms with E-state index in [-0.39, 0.29) is 17.6 Å². The predicted octanol–water partition coefficient (Wildman–Crippen LogP) is 2.24. The molecule has 3 N–H and O–H groups in total. The van der Waals surface area contributed by atoms with E-state index in [0.717, 1.165) is 16.9 Å². The number of primary amides is 1. The van der Waals surface area contributed by atoms with Crippen LogP contribution in [0, 0.1) is 19.8 Å². The molecule has 2 heterocycles. The highest BCUT2D eigenvalue weighted by molar-refractivity contribution is 7.89. The van der Waals surface area contributed by atoms with Crippen molar-refractivity contribution in [2.24, 2.45) is 11.7 Å². The van der Waals surface area contributed by atoms with Gasteiger partial charge in [-0.3, -0.25) is 9.59 Å². The van der Waals surface area contributed by atoms with E-state index in [9.17, 15) is 18.0 Å². The molecule has 0 aliphatic carbocycles. The number of piperidine rings is 1. The largest absolute Gasteiger partial charge is 0.365 e. The van der Waals surface area contributed by atoms with E-state index in [4.69, 9.17) is 5.73 Å². The Hall–Kier alpha value is -1.45. The molecule has 7 nitrogen and oxygen atoms in total. The van der Waals surface area contributed by atoms with Crippen LogP contribution < -0.4 is 11.1 Å². The summed E-state index contributed by atoms with van der Waals surface area (Å²) >= 11 is 1.34. The third kappa shape index (κ3) is 4.63. The number of thiophene rings is 1. The molecule has 1 saturated heterocycles. The molecule has 26 heavy (non-hydrogen) atoms. The molecular formula is C17H27N3O4S2. The van der Waals surface area contributed by atoms with Crippen molar-refractivity contribution in [1.29, 1.82) is 0 Å². The van der Waals surface area contributed by atoms with Gasteiger partial charge in [-0.25, -0.2) is 12.7 Å². The minimum absolute atomic E-state index is 0.163. The highest BCUT2D eigenvalue weighted by Crippen LogP contribution is 2.33. The van der Waals surface area contributed by atoms with Crippen LogP contribution in [0.1, 0.15) is 53.4 Å². The van der Waals surface area contributed by atoms with E-state index in [1.807, 2.05) is 13.8 Å². The van der Waals surface area contributed by atoms with Crippen LogP contribution in [0.3, 0.4) is 0 Å². The smallest absolute Gasteiger partial charge is 0.251 e. The highest BCUT2D eigenvalue weighted by atomic mass is 32.2. The van der Waals surface area contributed by atoms with E-state index < -0.39 is 15.9 Å². The number of hydrogen-bond acceptors (Lipinski definition) is 5. The molecule has 0 aromatic carbocycles. The first-order chi connectivity index (χ1) is 12.2. The van der Waals surface area contributed by atoms with E-state index in [1.54, 1.807) is 6.92 Å². The molecule has 2 amide bonds. The topological polar surface area (TPSA) is 110 Å². The molecular weight excluding hydrogens is 374 g/mol. The first-order valence-corrected chi connectivity index (χ1v) is 11.3. The van der Waals surface area contributed by atoms with Crippen molar-refractivity contribution in [2.75, 3.05) is 24.2 Å². The fraction of sp³-hybridized carbons (Fsp3) is 0.647. The van der Waals surface area contributed by atoms with Crippen LogP contribution in [-0.4, -0.2) is 43.4 Å². The first kappa shape index (κ1) is 20.9. The van der Waals surface area contributed by atoms with Crippen LogP contribution >= 0.6 is 11.3 Å². The lowest BCUT2D eigenvalue weighted by Gasteiger charge is -2.30. The van der Waals surface area contributed by atoms with Gasteiger partial charge in [0.1, 0.15) is 5.00 Å². The molecule has 1 fully saturated rings. The number of rotatable bonds is 7. The van der Waals surface area contributed by atoms with Crippen LogP contribution in [-0.2, 0) is 14.8 Å². The number of sulfonamides is 1. The summed E-state index contributed by atoms with van der Waals surface area (Å²) in [5.41, 5.74) is 6.58. The molecule has 146 valence electrons. The fourth-order valence-electron chi connectivity index (χ4n) is 3.08. The lowest BCUT2D eigenvalue weighted by molar-refractivity contribution is -0.120. The minimum Gasteiger partial charge on any atom is -0.365 e. The number of carbonyl (C=O) groups is 2. The Balaban J connectivity index is 1.99. The van der Waals surface area contributed by atoms with Crippen molar-refractivity contribution in [3.63, 3.8) is 0 Å². The maximum Gasteiger partial charge on any atom is 0.251 e. The molecule has 0 spiro atoms. The van der Waals surface area contributed by atoms with Gasteiger partial charge in [0.25, 0.3) is 5.91 Å². The Morgan fingerprint density at radius 1 is 1.27 bits per heavy atom. The van der Waals surface area contributed by atoms with E-state index >= 15 is 0 Å². The van der Waals surface area contributed by atoms with Crippen molar-refractivity contribution in [2.45, 2.75) is 46.5 Å². The second kappa shape index (κ2) is 8.49. The number of carbonyl (C=O) groups excluding carboxylic acids is 2. The number of hydrogen-bond donors (Lipinski definition) is 2. The van der Waals surface area contributed by atoms with Crippen molar-refractivity contribution < 1.29 is 18.0 Å². The Kier molecular flexibility index (Phi) is 6.81. The van der Waals surface area contributed by atoms with Crippen molar-refractivity contribution >= 4 is 38.2 Å². The zero-order chi connectivity index (χ0) is 19.5. The first-order valence-electron chi connectivity index (χ1n) is 8.85. The second-order valence-electron chi connectivity index (χ2n) is 6.68. The predicted molar refractivity (Wildman–Crippen MR) is 104 cm³/mol. The molecule has 2 rings (SSSR count). The lowest BCUT2D eigenvalue weighted by atomic mass is 9.97. The number of unbranched alkanes of at least 4 members (excludes halogenated alkanes) is 1. The van der Waals surface area contributed by atoms with Crippen LogP contribution in [0.15, 0.2) is 0 Å². The highest BCUT2D eigenvalue weighted by Gasteiger charge is 2.31. The van der Waals surface area contributed by atoms with E-state index in [1.165, 1.54) is 15.6 Å². The third-order valence-electron chi connectivity index (χ3n) is 4.84. The van der Waals surface area contributed by atoms with E-state index in [0.29, 0.717) is 42.9 Å². The van der Waals surface area contributed by atoms with Crippen molar-refractivity contribution in [3.05, 3.63) is 16.0 Å². The molecule has 0 saturated carbocycles. The summed E-state index contributed by atoms with van der Waals surface area (Å²) < 4.78 is 26.0. The van der Waals surface area contributed by atoms with Gasteiger partial charge in [-0.15, -0.1) is 11.3 Å². The molecule has 0 atom stereocenters. The third-order valence-corrected chi connectivity index (χ3v) is 7.92. The summed E-state index contributed by atoms with van der Waals surface area (Å²) in [4.78, 5) is 25.2. The van der Waals surface area contributed by atoms with Gasteiger partial charge in [-0.2, -0.15) is 0 Å². The zero-order valence-electron chi connectivity index (χ0n) is 15.5. The van der Waals surface area contributed by atoms with Gasteiger partial charge in [-0.05, 0) is 38.7 Å². The van der Waals surface area contributed by atoms with Gasteiger partial charge < -0.3 is 11.1 Å². The monoisotopic (exact) mass is 401 g/mol. The number of anilines is 1. The zero-order valence-corrected chi connectivity index (χ0v) is 17.1. The molecule has 1 aromatic heterocycles. The van der Waals surface area contributed by atoms with Crippen LogP contribution in [0.4, 0.5) is 5.00 Å². The van der Waals surface area contributed by atoms with Crippen LogP contribution in [0.25, 0.3) is 0 Å². The number of amides is 2. The van der Waals surface area contributed by atoms with Crippen LogP contribution in [0.2, 0.25) is 0 Å². The Bertz CT molecular complexity index is 778. The Labute approximate surface area is 159 Å². The maximum atomic E-state index is 12.6. The maximum absolute atomic E-state index is 12.6. The Morgan fingerprint density at radius 3 is 2.42 bits per heavy atom. The summed E-state index contributed by atoms with van der Waals surface area (Å²) in [5, 5.41) is 3.30. The molecule has 0 radical (unpaired) electrons. The molecule has 9 heteroatoms. The second-order valence-corrected chi connectivity index (χ2v) is 10.00. The summed E-state index contributed by atoms with van der Waals surface area (Å²) in [6.07, 6.45) is 2.44. The summed E-state index contributed by atoms with van der Waals surface area (Å²) in [6.45, 7) is 6.36. The standard InChI is InChI=1S/C17H27N3O4S2/c1-4-5-10-26(23,24)20-8-6-13(7-9-20)16(22)19-17-14(15(18)21)11(2)12(3)25-17/h13H,4-10H2,1-3H3,(H2,18,21)(H,19,22). The van der Waals surface area contributed by atoms with Crippen molar-refractivity contribution in [1.82, 2.24) is 4.31 Å². The number of aryl methyl sites for hydroxylation is 1. The fourth-order valence-corrected chi connectivity index (χ4v) is 5.83. The average Bonchev–Trinajstić information content (AvgIpc) is 2.87.